The SMILES string of the molecule is CCN(CC)CCCNC1=CC(=O)C(NCCCN(CC)CC)=CC1=O. The number of nitrogens with zero attached hydrogens (tertiary/aromatic N) is 2. The standard InChI is InChI=1S/C20H36N4O2/c1-5-23(6-2)13-9-11-21-17-15-20(26)18(16-19(17)25)22-12-10-14-24(7-3)8-4/h15-16,21-22H,5-14H2,1-4H3. The summed E-state index contributed by atoms with van der Waals surface area (Å²) >= 11 is 0. The van der Waals surface area contributed by atoms with Crippen LogP contribution in [0.3, 0.4) is 0 Å². The molecule has 2 N–H and O–H groups in total. The van der Waals surface area contributed by atoms with Crippen LogP contribution in [-0.2, 0) is 9.59 Å². The van der Waals surface area contributed by atoms with Crippen molar-refractivity contribution >= 4 is 11.6 Å². The summed E-state index contributed by atoms with van der Waals surface area (Å²) in [5.74, 6) is -0.252. The Hall–Kier alpha value is -1.66. The Kier molecular flexibility index (Phi) is 10.9. The van der Waals surface area contributed by atoms with E-state index in [0.717, 1.165) is 52.1 Å². The van der Waals surface area contributed by atoms with Crippen LogP contribution < -0.4 is 10.6 Å². The summed E-state index contributed by atoms with van der Waals surface area (Å²) in [4.78, 5) is 29.1. The Morgan fingerprint density at radius 3 is 1.35 bits per heavy atom. The van der Waals surface area contributed by atoms with Gasteiger partial charge in [-0.3, -0.25) is 9.59 Å². The number of ketones is 2. The van der Waals surface area contributed by atoms with E-state index in [-0.39, 0.29) is 11.6 Å². The molecule has 0 amide bonds. The van der Waals surface area contributed by atoms with Gasteiger partial charge in [0.25, 0.3) is 0 Å². The second-order valence-corrected chi connectivity index (χ2v) is 6.46. The molecule has 0 heterocycles. The van der Waals surface area contributed by atoms with Crippen LogP contribution in [0.4, 0.5) is 0 Å². The molecule has 0 unspecified atom stereocenters. The van der Waals surface area contributed by atoms with Gasteiger partial charge in [0.15, 0.2) is 0 Å². The summed E-state index contributed by atoms with van der Waals surface area (Å²) in [6.45, 7) is 16.1. The minimum absolute atomic E-state index is 0.126. The van der Waals surface area contributed by atoms with Gasteiger partial charge in [0.2, 0.25) is 11.6 Å². The van der Waals surface area contributed by atoms with E-state index in [1.807, 2.05) is 0 Å². The molecule has 0 bridgehead atoms. The van der Waals surface area contributed by atoms with Crippen LogP contribution in [0, 0.1) is 0 Å². The average Bonchev–Trinajstić information content (AvgIpc) is 2.65. The third-order valence-electron chi connectivity index (χ3n) is 4.80. The lowest BCUT2D eigenvalue weighted by Gasteiger charge is -2.20. The molecule has 0 radical (unpaired) electrons. The lowest BCUT2D eigenvalue weighted by Crippen LogP contribution is -2.32. The maximum atomic E-state index is 12.2. The number of hydrogen-bond donors (Lipinski definition) is 2. The second kappa shape index (κ2) is 12.7. The summed E-state index contributed by atoms with van der Waals surface area (Å²) in [5, 5.41) is 6.22. The molecule has 6 nitrogen and oxygen atoms in total. The van der Waals surface area contributed by atoms with E-state index in [2.05, 4.69) is 48.1 Å². The van der Waals surface area contributed by atoms with Gasteiger partial charge >= 0.3 is 0 Å². The van der Waals surface area contributed by atoms with Gasteiger partial charge in [-0.25, -0.2) is 0 Å². The van der Waals surface area contributed by atoms with Crippen LogP contribution in [0.25, 0.3) is 0 Å². The Morgan fingerprint density at radius 2 is 1.04 bits per heavy atom. The van der Waals surface area contributed by atoms with Gasteiger partial charge in [0, 0.05) is 25.2 Å². The van der Waals surface area contributed by atoms with Crippen molar-refractivity contribution < 1.29 is 9.59 Å². The zero-order chi connectivity index (χ0) is 19.4. The molecule has 0 atom stereocenters. The number of rotatable bonds is 14. The average molecular weight is 365 g/mol. The van der Waals surface area contributed by atoms with Crippen LogP contribution in [0.15, 0.2) is 23.5 Å². The highest BCUT2D eigenvalue weighted by molar-refractivity contribution is 6.19. The number of carbonyl (C=O) groups is 2. The summed E-state index contributed by atoms with van der Waals surface area (Å²) in [7, 11) is 0. The lowest BCUT2D eigenvalue weighted by atomic mass is 10.1. The Balaban J connectivity index is 2.35. The first-order chi connectivity index (χ1) is 12.5. The van der Waals surface area contributed by atoms with E-state index in [4.69, 9.17) is 0 Å². The summed E-state index contributed by atoms with van der Waals surface area (Å²) in [6, 6.07) is 0. The van der Waals surface area contributed by atoms with Gasteiger partial charge in [-0.1, -0.05) is 27.7 Å². The van der Waals surface area contributed by atoms with Crippen LogP contribution in [0.2, 0.25) is 0 Å². The van der Waals surface area contributed by atoms with Crippen LogP contribution >= 0.6 is 0 Å². The first-order valence-corrected chi connectivity index (χ1v) is 10.00. The van der Waals surface area contributed by atoms with Gasteiger partial charge in [0.05, 0.1) is 11.4 Å². The van der Waals surface area contributed by atoms with Gasteiger partial charge < -0.3 is 20.4 Å². The molecular formula is C20H36N4O2. The second-order valence-electron chi connectivity index (χ2n) is 6.46. The van der Waals surface area contributed by atoms with E-state index in [9.17, 15) is 9.59 Å². The third-order valence-corrected chi connectivity index (χ3v) is 4.80. The molecule has 0 fully saturated rings. The van der Waals surface area contributed by atoms with Crippen LogP contribution in [0.5, 0.6) is 0 Å². The fourth-order valence-corrected chi connectivity index (χ4v) is 2.97. The zero-order valence-electron chi connectivity index (χ0n) is 16.9. The van der Waals surface area contributed by atoms with Crippen molar-refractivity contribution in [1.82, 2.24) is 20.4 Å². The molecule has 0 saturated carbocycles. The summed E-state index contributed by atoms with van der Waals surface area (Å²) in [5.41, 5.74) is 0.812. The van der Waals surface area contributed by atoms with Crippen molar-refractivity contribution in [3.05, 3.63) is 23.5 Å². The van der Waals surface area contributed by atoms with Gasteiger partial charge in [-0.05, 0) is 52.1 Å². The molecule has 0 saturated heterocycles. The highest BCUT2D eigenvalue weighted by Crippen LogP contribution is 2.08. The van der Waals surface area contributed by atoms with Crippen molar-refractivity contribution in [3.8, 4) is 0 Å². The van der Waals surface area contributed by atoms with Gasteiger partial charge in [-0.2, -0.15) is 0 Å². The highest BCUT2D eigenvalue weighted by atomic mass is 16.1. The zero-order valence-corrected chi connectivity index (χ0v) is 16.9. The fourth-order valence-electron chi connectivity index (χ4n) is 2.97. The van der Waals surface area contributed by atoms with Crippen molar-refractivity contribution in [2.45, 2.75) is 40.5 Å². The van der Waals surface area contributed by atoms with Crippen molar-refractivity contribution in [1.29, 1.82) is 0 Å². The first-order valence-electron chi connectivity index (χ1n) is 10.00. The fraction of sp³-hybridized carbons (Fsp3) is 0.700. The topological polar surface area (TPSA) is 64.7 Å². The maximum absolute atomic E-state index is 12.2. The van der Waals surface area contributed by atoms with Crippen molar-refractivity contribution in [3.63, 3.8) is 0 Å². The number of nitrogens with one attached hydrogen (secondary N) is 2. The van der Waals surface area contributed by atoms with E-state index in [1.54, 1.807) is 0 Å². The van der Waals surface area contributed by atoms with Crippen LogP contribution in [0.1, 0.15) is 40.5 Å². The van der Waals surface area contributed by atoms with E-state index in [1.165, 1.54) is 12.2 Å². The predicted octanol–water partition coefficient (Wildman–Crippen LogP) is 1.55. The number of carbonyl (C=O) groups excluding carboxylic acids is 2. The minimum atomic E-state index is -0.126. The quantitative estimate of drug-likeness (QED) is 0.360. The highest BCUT2D eigenvalue weighted by Gasteiger charge is 2.19. The molecule has 0 aliphatic heterocycles. The summed E-state index contributed by atoms with van der Waals surface area (Å²) < 4.78 is 0. The van der Waals surface area contributed by atoms with Crippen molar-refractivity contribution in [2.75, 3.05) is 52.4 Å². The lowest BCUT2D eigenvalue weighted by molar-refractivity contribution is -0.115. The Labute approximate surface area is 158 Å². The van der Waals surface area contributed by atoms with Crippen LogP contribution in [-0.4, -0.2) is 73.7 Å². The summed E-state index contributed by atoms with van der Waals surface area (Å²) in [6.07, 6.45) is 4.74. The Morgan fingerprint density at radius 1 is 0.692 bits per heavy atom. The molecule has 0 aromatic carbocycles. The molecule has 1 aliphatic rings. The largest absolute Gasteiger partial charge is 0.382 e. The molecule has 148 valence electrons. The van der Waals surface area contributed by atoms with Gasteiger partial charge in [0.1, 0.15) is 0 Å². The first kappa shape index (κ1) is 22.4. The van der Waals surface area contributed by atoms with Gasteiger partial charge in [-0.15, -0.1) is 0 Å². The maximum Gasteiger partial charge on any atom is 0.203 e. The molecule has 26 heavy (non-hydrogen) atoms. The molecule has 0 aromatic rings. The molecular weight excluding hydrogens is 328 g/mol. The predicted molar refractivity (Wildman–Crippen MR) is 107 cm³/mol. The third kappa shape index (κ3) is 7.70. The number of hydrogen-bond acceptors (Lipinski definition) is 6. The van der Waals surface area contributed by atoms with E-state index >= 15 is 0 Å². The molecule has 0 aromatic heterocycles. The molecule has 6 heteroatoms. The normalized spacial score (nSPS) is 14.7. The molecule has 1 rings (SSSR count). The van der Waals surface area contributed by atoms with E-state index in [0.29, 0.717) is 24.5 Å². The van der Waals surface area contributed by atoms with E-state index < -0.39 is 0 Å². The monoisotopic (exact) mass is 364 g/mol. The molecule has 1 aliphatic carbocycles. The Bertz CT molecular complexity index is 460. The van der Waals surface area contributed by atoms with Crippen molar-refractivity contribution in [2.24, 2.45) is 0 Å². The number of allylic oxidation sites excluding steroid dienone is 2. The molecule has 0 spiro atoms. The minimum Gasteiger partial charge on any atom is -0.382 e. The smallest absolute Gasteiger partial charge is 0.203 e.